The van der Waals surface area contributed by atoms with Gasteiger partial charge in [0.1, 0.15) is 12.4 Å². The number of hydrogen-bond donors (Lipinski definition) is 2. The Labute approximate surface area is 167 Å². The van der Waals surface area contributed by atoms with Crippen LogP contribution >= 0.6 is 0 Å². The topological polar surface area (TPSA) is 48.5 Å². The van der Waals surface area contributed by atoms with Crippen molar-refractivity contribution in [2.75, 3.05) is 26.2 Å². The lowest BCUT2D eigenvalue weighted by Gasteiger charge is -2.26. The summed E-state index contributed by atoms with van der Waals surface area (Å²) in [7, 11) is 0. The number of hydrogen-bond acceptors (Lipinski definition) is 3. The molecule has 0 spiro atoms. The van der Waals surface area contributed by atoms with E-state index in [-0.39, 0.29) is 0 Å². The predicted octanol–water partition coefficient (Wildman–Crippen LogP) is 4.70. The van der Waals surface area contributed by atoms with E-state index in [1.807, 2.05) is 30.5 Å². The molecule has 0 amide bonds. The zero-order valence-corrected chi connectivity index (χ0v) is 16.4. The number of ether oxygens (including phenoxy) is 1. The van der Waals surface area contributed by atoms with Crippen molar-refractivity contribution >= 4 is 10.9 Å². The van der Waals surface area contributed by atoms with E-state index in [9.17, 15) is 5.11 Å². The number of nitrogens with one attached hydrogen (secondary N) is 1. The summed E-state index contributed by atoms with van der Waals surface area (Å²) >= 11 is 0. The molecular formula is C24H30N2O2. The summed E-state index contributed by atoms with van der Waals surface area (Å²) in [6, 6.07) is 16.3. The molecule has 4 rings (SSSR count). The molecule has 2 N–H and O–H groups in total. The SMILES string of the molecule is OC(CCc1cccc2[nH]ccc12)c1ccccc1OCCN1CCCCC1. The Hall–Kier alpha value is -2.30. The summed E-state index contributed by atoms with van der Waals surface area (Å²) < 4.78 is 6.06. The first-order chi connectivity index (χ1) is 13.8. The lowest BCUT2D eigenvalue weighted by Crippen LogP contribution is -2.33. The molecule has 1 aliphatic rings. The molecule has 0 saturated carbocycles. The minimum Gasteiger partial charge on any atom is -0.492 e. The van der Waals surface area contributed by atoms with Crippen molar-refractivity contribution in [1.29, 1.82) is 0 Å². The van der Waals surface area contributed by atoms with Gasteiger partial charge in [0, 0.05) is 29.2 Å². The van der Waals surface area contributed by atoms with Gasteiger partial charge in [0.05, 0.1) is 6.10 Å². The van der Waals surface area contributed by atoms with Gasteiger partial charge in [-0.2, -0.15) is 0 Å². The Morgan fingerprint density at radius 1 is 1.00 bits per heavy atom. The van der Waals surface area contributed by atoms with Gasteiger partial charge in [0.15, 0.2) is 0 Å². The van der Waals surface area contributed by atoms with Crippen molar-refractivity contribution in [3.8, 4) is 5.75 Å². The maximum atomic E-state index is 10.8. The molecule has 2 heterocycles. The summed E-state index contributed by atoms with van der Waals surface area (Å²) in [5, 5.41) is 12.1. The van der Waals surface area contributed by atoms with Gasteiger partial charge in [-0.05, 0) is 62.5 Å². The molecule has 3 aromatic rings. The number of piperidine rings is 1. The number of aliphatic hydroxyl groups excluding tert-OH is 1. The van der Waals surface area contributed by atoms with Gasteiger partial charge in [-0.15, -0.1) is 0 Å². The Morgan fingerprint density at radius 3 is 2.75 bits per heavy atom. The standard InChI is InChI=1S/C24H30N2O2/c27-23(12-11-19-7-6-9-22-20(19)13-14-25-22)21-8-2-3-10-24(21)28-18-17-26-15-4-1-5-16-26/h2-3,6-10,13-14,23,25,27H,1,4-5,11-12,15-18H2. The molecule has 1 aliphatic heterocycles. The predicted molar refractivity (Wildman–Crippen MR) is 114 cm³/mol. The second-order valence-corrected chi connectivity index (χ2v) is 7.70. The first-order valence-corrected chi connectivity index (χ1v) is 10.5. The van der Waals surface area contributed by atoms with Crippen LogP contribution in [0.5, 0.6) is 5.75 Å². The minimum absolute atomic E-state index is 0.527. The molecule has 2 aromatic carbocycles. The third-order valence-electron chi connectivity index (χ3n) is 5.76. The molecule has 1 unspecified atom stereocenters. The van der Waals surface area contributed by atoms with Crippen LogP contribution in [0, 0.1) is 0 Å². The molecule has 0 radical (unpaired) electrons. The minimum atomic E-state index is -0.527. The van der Waals surface area contributed by atoms with Gasteiger partial charge in [0.25, 0.3) is 0 Å². The molecular weight excluding hydrogens is 348 g/mol. The number of aryl methyl sites for hydroxylation is 1. The fourth-order valence-corrected chi connectivity index (χ4v) is 4.17. The van der Waals surface area contributed by atoms with Crippen molar-refractivity contribution in [3.05, 3.63) is 65.9 Å². The number of benzene rings is 2. The maximum absolute atomic E-state index is 10.8. The van der Waals surface area contributed by atoms with Crippen LogP contribution in [-0.2, 0) is 6.42 Å². The Balaban J connectivity index is 1.36. The van der Waals surface area contributed by atoms with Crippen molar-refractivity contribution < 1.29 is 9.84 Å². The maximum Gasteiger partial charge on any atom is 0.125 e. The number of rotatable bonds is 8. The van der Waals surface area contributed by atoms with E-state index in [1.54, 1.807) is 0 Å². The van der Waals surface area contributed by atoms with Gasteiger partial charge in [-0.3, -0.25) is 4.90 Å². The van der Waals surface area contributed by atoms with E-state index >= 15 is 0 Å². The van der Waals surface area contributed by atoms with Crippen LogP contribution < -0.4 is 4.74 Å². The second kappa shape index (κ2) is 9.26. The first-order valence-electron chi connectivity index (χ1n) is 10.5. The summed E-state index contributed by atoms with van der Waals surface area (Å²) in [5.41, 5.74) is 3.30. The molecule has 1 saturated heterocycles. The highest BCUT2D eigenvalue weighted by atomic mass is 16.5. The molecule has 0 bridgehead atoms. The highest BCUT2D eigenvalue weighted by Crippen LogP contribution is 2.29. The summed E-state index contributed by atoms with van der Waals surface area (Å²) in [6.45, 7) is 3.99. The third-order valence-corrected chi connectivity index (χ3v) is 5.76. The van der Waals surface area contributed by atoms with Crippen molar-refractivity contribution in [1.82, 2.24) is 9.88 Å². The summed E-state index contributed by atoms with van der Waals surface area (Å²) in [4.78, 5) is 5.72. The molecule has 28 heavy (non-hydrogen) atoms. The van der Waals surface area contributed by atoms with Crippen LogP contribution in [0.1, 0.15) is 42.9 Å². The second-order valence-electron chi connectivity index (χ2n) is 7.70. The van der Waals surface area contributed by atoms with Gasteiger partial charge in [-0.1, -0.05) is 36.8 Å². The molecule has 1 fully saturated rings. The van der Waals surface area contributed by atoms with E-state index in [1.165, 1.54) is 43.3 Å². The van der Waals surface area contributed by atoms with Gasteiger partial charge >= 0.3 is 0 Å². The monoisotopic (exact) mass is 378 g/mol. The lowest BCUT2D eigenvalue weighted by molar-refractivity contribution is 0.155. The number of aromatic nitrogens is 1. The Kier molecular flexibility index (Phi) is 6.30. The van der Waals surface area contributed by atoms with E-state index in [0.29, 0.717) is 13.0 Å². The van der Waals surface area contributed by atoms with Crippen molar-refractivity contribution in [2.45, 2.75) is 38.2 Å². The smallest absolute Gasteiger partial charge is 0.125 e. The van der Waals surface area contributed by atoms with Crippen LogP contribution in [0.3, 0.4) is 0 Å². The highest BCUT2D eigenvalue weighted by molar-refractivity contribution is 5.82. The average molecular weight is 379 g/mol. The molecule has 148 valence electrons. The van der Waals surface area contributed by atoms with Crippen LogP contribution in [0.25, 0.3) is 10.9 Å². The quantitative estimate of drug-likeness (QED) is 0.597. The van der Waals surface area contributed by atoms with Crippen LogP contribution in [0.2, 0.25) is 0 Å². The number of aromatic amines is 1. The zero-order chi connectivity index (χ0) is 19.2. The van der Waals surface area contributed by atoms with Gasteiger partial charge in [0.2, 0.25) is 0 Å². The van der Waals surface area contributed by atoms with Gasteiger partial charge in [-0.25, -0.2) is 0 Å². The third kappa shape index (κ3) is 4.57. The Bertz CT molecular complexity index is 883. The lowest BCUT2D eigenvalue weighted by atomic mass is 9.99. The largest absolute Gasteiger partial charge is 0.492 e. The van der Waals surface area contributed by atoms with Crippen molar-refractivity contribution in [2.24, 2.45) is 0 Å². The number of H-pyrrole nitrogens is 1. The fourth-order valence-electron chi connectivity index (χ4n) is 4.17. The number of nitrogens with zero attached hydrogens (tertiary/aromatic N) is 1. The van der Waals surface area contributed by atoms with Crippen LogP contribution in [0.15, 0.2) is 54.7 Å². The fraction of sp³-hybridized carbons (Fsp3) is 0.417. The van der Waals surface area contributed by atoms with Gasteiger partial charge < -0.3 is 14.8 Å². The first kappa shape index (κ1) is 19.0. The normalized spacial score (nSPS) is 16.3. The van der Waals surface area contributed by atoms with E-state index in [0.717, 1.165) is 29.8 Å². The summed E-state index contributed by atoms with van der Waals surface area (Å²) in [5.74, 6) is 0.812. The molecule has 1 aromatic heterocycles. The Morgan fingerprint density at radius 2 is 1.86 bits per heavy atom. The van der Waals surface area contributed by atoms with E-state index in [4.69, 9.17) is 4.74 Å². The molecule has 4 heteroatoms. The van der Waals surface area contributed by atoms with Crippen LogP contribution in [0.4, 0.5) is 0 Å². The number of fused-ring (bicyclic) bond motifs is 1. The number of aliphatic hydroxyl groups is 1. The van der Waals surface area contributed by atoms with Crippen LogP contribution in [-0.4, -0.2) is 41.2 Å². The molecule has 1 atom stereocenters. The molecule has 0 aliphatic carbocycles. The van der Waals surface area contributed by atoms with Crippen molar-refractivity contribution in [3.63, 3.8) is 0 Å². The number of likely N-dealkylation sites (tertiary alicyclic amines) is 1. The molecule has 4 nitrogen and oxygen atoms in total. The zero-order valence-electron chi connectivity index (χ0n) is 16.4. The summed E-state index contributed by atoms with van der Waals surface area (Å²) in [6.07, 6.45) is 6.89. The average Bonchev–Trinajstić information content (AvgIpc) is 3.23. The van der Waals surface area contributed by atoms with E-state index in [2.05, 4.69) is 34.1 Å². The highest BCUT2D eigenvalue weighted by Gasteiger charge is 2.15. The number of para-hydroxylation sites is 1. The van der Waals surface area contributed by atoms with E-state index < -0.39 is 6.10 Å².